The minimum absolute atomic E-state index is 0.0123. The molecule has 0 aliphatic carbocycles. The normalized spacial score (nSPS) is 11.4. The second kappa shape index (κ2) is 24.5. The molecule has 0 atom stereocenters. The van der Waals surface area contributed by atoms with Crippen molar-refractivity contribution in [1.82, 2.24) is 19.6 Å². The third-order valence-corrected chi connectivity index (χ3v) is 8.63. The highest BCUT2D eigenvalue weighted by Gasteiger charge is 2.16. The van der Waals surface area contributed by atoms with E-state index in [4.69, 9.17) is 0 Å². The van der Waals surface area contributed by atoms with Gasteiger partial charge in [0.25, 0.3) is 11.8 Å². The fraction of sp³-hybridized carbons (Fsp3) is 0.778. The molecule has 0 heterocycles. The first kappa shape index (κ1) is 38.1. The first-order valence-electron chi connectivity index (χ1n) is 17.4. The summed E-state index contributed by atoms with van der Waals surface area (Å²) in [6, 6.07) is 7.20. The van der Waals surface area contributed by atoms with Crippen molar-refractivity contribution in [1.29, 1.82) is 0 Å². The molecular weight excluding hydrogens is 520 g/mol. The van der Waals surface area contributed by atoms with E-state index in [1.807, 2.05) is 14.1 Å². The molecule has 0 unspecified atom stereocenters. The predicted octanol–water partition coefficient (Wildman–Crippen LogP) is 7.98. The van der Waals surface area contributed by atoms with Crippen molar-refractivity contribution in [2.75, 3.05) is 66.5 Å². The molecule has 0 saturated heterocycles. The van der Waals surface area contributed by atoms with Gasteiger partial charge in [-0.05, 0) is 63.3 Å². The lowest BCUT2D eigenvalue weighted by molar-refractivity contribution is 0.0767. The lowest BCUT2D eigenvalue weighted by Gasteiger charge is -2.25. The molecule has 42 heavy (non-hydrogen) atoms. The van der Waals surface area contributed by atoms with Gasteiger partial charge in [0.2, 0.25) is 0 Å². The van der Waals surface area contributed by atoms with Gasteiger partial charge in [0.1, 0.15) is 0 Å². The summed E-state index contributed by atoms with van der Waals surface area (Å²) >= 11 is 0. The van der Waals surface area contributed by atoms with Gasteiger partial charge < -0.3 is 19.6 Å². The third-order valence-electron chi connectivity index (χ3n) is 8.63. The predicted molar refractivity (Wildman–Crippen MR) is 181 cm³/mol. The summed E-state index contributed by atoms with van der Waals surface area (Å²) in [6.07, 6.45) is 18.5. The van der Waals surface area contributed by atoms with Crippen molar-refractivity contribution >= 4 is 11.8 Å². The number of rotatable bonds is 26. The number of unbranched alkanes of at least 4 members (excludes halogenated alkanes) is 12. The summed E-state index contributed by atoms with van der Waals surface area (Å²) in [5.74, 6) is 0.0246. The Morgan fingerprint density at radius 3 is 1.07 bits per heavy atom. The Morgan fingerprint density at radius 1 is 0.452 bits per heavy atom. The maximum atomic E-state index is 13.0. The number of likely N-dealkylation sites (N-methyl/N-ethyl adjacent to an activating group) is 4. The van der Waals surface area contributed by atoms with Crippen LogP contribution in [-0.4, -0.2) is 97.9 Å². The first-order valence-corrected chi connectivity index (χ1v) is 17.4. The smallest absolute Gasteiger partial charge is 0.253 e. The van der Waals surface area contributed by atoms with Gasteiger partial charge in [0.15, 0.2) is 0 Å². The molecule has 0 spiro atoms. The largest absolute Gasteiger partial charge is 0.340 e. The number of carbonyl (C=O) groups is 2. The van der Waals surface area contributed by atoms with Crippen molar-refractivity contribution < 1.29 is 9.59 Å². The van der Waals surface area contributed by atoms with Crippen LogP contribution in [0.1, 0.15) is 138 Å². The Balaban J connectivity index is 2.41. The zero-order valence-corrected chi connectivity index (χ0v) is 28.5. The lowest BCUT2D eigenvalue weighted by Crippen LogP contribution is -2.37. The zero-order valence-electron chi connectivity index (χ0n) is 28.5. The number of nitrogens with zero attached hydrogens (tertiary/aromatic N) is 4. The van der Waals surface area contributed by atoms with Gasteiger partial charge in [-0.3, -0.25) is 9.59 Å². The highest BCUT2D eigenvalue weighted by molar-refractivity contribution is 5.97. The van der Waals surface area contributed by atoms with Crippen molar-refractivity contribution in [3.63, 3.8) is 0 Å². The Labute approximate surface area is 260 Å². The summed E-state index contributed by atoms with van der Waals surface area (Å²) in [7, 11) is 3.76. The van der Waals surface area contributed by atoms with Crippen LogP contribution in [0.3, 0.4) is 0 Å². The molecule has 0 aliphatic rings. The quantitative estimate of drug-likeness (QED) is 0.103. The van der Waals surface area contributed by atoms with Gasteiger partial charge in [0, 0.05) is 51.4 Å². The van der Waals surface area contributed by atoms with Gasteiger partial charge in [-0.25, -0.2) is 0 Å². The molecule has 0 N–H and O–H groups in total. The minimum atomic E-state index is 0.0123. The monoisotopic (exact) mass is 587 g/mol. The number of carbonyl (C=O) groups excluding carboxylic acids is 2. The fourth-order valence-electron chi connectivity index (χ4n) is 5.42. The molecule has 0 radical (unpaired) electrons. The maximum Gasteiger partial charge on any atom is 0.253 e. The van der Waals surface area contributed by atoms with Crippen molar-refractivity contribution in [3.05, 3.63) is 35.4 Å². The molecule has 0 saturated carbocycles. The summed E-state index contributed by atoms with van der Waals surface area (Å²) in [4.78, 5) is 34.6. The number of hydrogen-bond acceptors (Lipinski definition) is 4. The van der Waals surface area contributed by atoms with E-state index in [9.17, 15) is 9.59 Å². The summed E-state index contributed by atoms with van der Waals surface area (Å²) < 4.78 is 0. The Hall–Kier alpha value is -1.92. The first-order chi connectivity index (χ1) is 20.4. The van der Waals surface area contributed by atoms with E-state index in [2.05, 4.69) is 37.5 Å². The van der Waals surface area contributed by atoms with Crippen LogP contribution in [0.5, 0.6) is 0 Å². The van der Waals surface area contributed by atoms with E-state index in [1.54, 1.807) is 34.1 Å². The van der Waals surface area contributed by atoms with Crippen LogP contribution in [0.4, 0.5) is 0 Å². The fourth-order valence-corrected chi connectivity index (χ4v) is 5.42. The van der Waals surface area contributed by atoms with Crippen LogP contribution in [0, 0.1) is 0 Å². The van der Waals surface area contributed by atoms with Crippen LogP contribution in [0.25, 0.3) is 0 Å². The molecule has 0 aromatic heterocycles. The molecule has 2 amide bonds. The molecule has 1 rings (SSSR count). The van der Waals surface area contributed by atoms with Crippen molar-refractivity contribution in [2.24, 2.45) is 0 Å². The highest BCUT2D eigenvalue weighted by Crippen LogP contribution is 2.12. The van der Waals surface area contributed by atoms with Crippen LogP contribution in [-0.2, 0) is 0 Å². The molecule has 0 fully saturated rings. The van der Waals surface area contributed by atoms with Gasteiger partial charge >= 0.3 is 0 Å². The van der Waals surface area contributed by atoms with E-state index in [-0.39, 0.29) is 11.8 Å². The van der Waals surface area contributed by atoms with Gasteiger partial charge in [-0.15, -0.1) is 0 Å². The standard InChI is InChI=1S/C36H66N4O2/c1-7-11-13-15-17-19-21-27-39(9-3)31-29-37(5)35(41)33-23-25-34(26-24-33)36(42)38(6)30-32-40(10-4)28-22-20-18-16-14-12-8-2/h23-26H,7-22,27-32H2,1-6H3. The highest BCUT2D eigenvalue weighted by atomic mass is 16.2. The summed E-state index contributed by atoms with van der Waals surface area (Å²) in [5.41, 5.74) is 1.28. The molecule has 6 heteroatoms. The van der Waals surface area contributed by atoms with E-state index in [0.29, 0.717) is 24.2 Å². The van der Waals surface area contributed by atoms with Crippen LogP contribution < -0.4 is 0 Å². The SMILES string of the molecule is CCCCCCCCCN(CC)CCN(C)C(=O)c1ccc(C(=O)N(C)CCN(CC)CCCCCCCCC)cc1. The number of hydrogen-bond donors (Lipinski definition) is 0. The van der Waals surface area contributed by atoms with E-state index < -0.39 is 0 Å². The second-order valence-electron chi connectivity index (χ2n) is 12.1. The Morgan fingerprint density at radius 2 is 0.762 bits per heavy atom. The molecular formula is C36H66N4O2. The number of amides is 2. The molecule has 0 aliphatic heterocycles. The summed E-state index contributed by atoms with van der Waals surface area (Å²) in [5, 5.41) is 0. The average molecular weight is 587 g/mol. The molecule has 1 aromatic rings. The molecule has 0 bridgehead atoms. The third kappa shape index (κ3) is 16.6. The zero-order chi connectivity index (χ0) is 31.0. The van der Waals surface area contributed by atoms with Crippen molar-refractivity contribution in [3.8, 4) is 0 Å². The minimum Gasteiger partial charge on any atom is -0.340 e. The van der Waals surface area contributed by atoms with Crippen LogP contribution in [0.2, 0.25) is 0 Å². The van der Waals surface area contributed by atoms with E-state index in [1.165, 1.54) is 89.9 Å². The summed E-state index contributed by atoms with van der Waals surface area (Å²) in [6.45, 7) is 16.4. The second-order valence-corrected chi connectivity index (χ2v) is 12.1. The van der Waals surface area contributed by atoms with Crippen molar-refractivity contribution in [2.45, 2.75) is 118 Å². The van der Waals surface area contributed by atoms with Crippen LogP contribution >= 0.6 is 0 Å². The molecule has 242 valence electrons. The Bertz CT molecular complexity index is 746. The van der Waals surface area contributed by atoms with Gasteiger partial charge in [-0.2, -0.15) is 0 Å². The average Bonchev–Trinajstić information content (AvgIpc) is 3.02. The number of benzene rings is 1. The lowest BCUT2D eigenvalue weighted by atomic mass is 10.1. The molecule has 1 aromatic carbocycles. The van der Waals surface area contributed by atoms with Crippen LogP contribution in [0.15, 0.2) is 24.3 Å². The molecule has 6 nitrogen and oxygen atoms in total. The van der Waals surface area contributed by atoms with Gasteiger partial charge in [-0.1, -0.05) is 105 Å². The van der Waals surface area contributed by atoms with Gasteiger partial charge in [0.05, 0.1) is 0 Å². The van der Waals surface area contributed by atoms with E-state index >= 15 is 0 Å². The topological polar surface area (TPSA) is 47.1 Å². The Kier molecular flexibility index (Phi) is 22.2. The van der Waals surface area contributed by atoms with E-state index in [0.717, 1.165) is 39.3 Å². The maximum absolute atomic E-state index is 13.0.